The molecule has 0 amide bonds. The second-order valence-corrected chi connectivity index (χ2v) is 12.5. The van der Waals surface area contributed by atoms with Crippen molar-refractivity contribution >= 4 is 38.8 Å². The van der Waals surface area contributed by atoms with Gasteiger partial charge in [-0.2, -0.15) is 4.31 Å². The number of imidazole rings is 1. The third-order valence-electron chi connectivity index (χ3n) is 6.88. The van der Waals surface area contributed by atoms with Crippen LogP contribution in [0.1, 0.15) is 49.0 Å². The van der Waals surface area contributed by atoms with E-state index in [0.29, 0.717) is 61.3 Å². The molecule has 212 valence electrons. The zero-order valence-electron chi connectivity index (χ0n) is 23.0. The molecule has 0 radical (unpaired) electrons. The minimum atomic E-state index is -3.59. The summed E-state index contributed by atoms with van der Waals surface area (Å²) in [5.41, 5.74) is 2.86. The molecule has 0 saturated carbocycles. The zero-order chi connectivity index (χ0) is 28.0. The lowest BCUT2D eigenvalue weighted by molar-refractivity contribution is 0.0600. The average Bonchev–Trinajstić information content (AvgIpc) is 3.30. The summed E-state index contributed by atoms with van der Waals surface area (Å²) < 4.78 is 46.4. The van der Waals surface area contributed by atoms with Gasteiger partial charge in [-0.25, -0.2) is 18.2 Å². The van der Waals surface area contributed by atoms with Crippen LogP contribution in [0.15, 0.2) is 46.5 Å². The number of nitrogens with zero attached hydrogens (tertiary/aromatic N) is 3. The van der Waals surface area contributed by atoms with E-state index in [9.17, 15) is 13.2 Å². The minimum Gasteiger partial charge on any atom is -0.496 e. The van der Waals surface area contributed by atoms with E-state index < -0.39 is 16.0 Å². The van der Waals surface area contributed by atoms with E-state index in [1.165, 1.54) is 18.9 Å². The summed E-state index contributed by atoms with van der Waals surface area (Å²) in [6.07, 6.45) is 2.73. The zero-order valence-corrected chi connectivity index (χ0v) is 24.6. The fourth-order valence-electron chi connectivity index (χ4n) is 4.81. The molecule has 2 heterocycles. The highest BCUT2D eigenvalue weighted by Crippen LogP contribution is 2.33. The molecule has 1 aliphatic heterocycles. The van der Waals surface area contributed by atoms with Gasteiger partial charge in [0.15, 0.2) is 5.16 Å². The number of rotatable bonds is 12. The first-order valence-corrected chi connectivity index (χ1v) is 15.7. The largest absolute Gasteiger partial charge is 0.496 e. The monoisotopic (exact) mass is 575 g/mol. The van der Waals surface area contributed by atoms with E-state index in [1.807, 2.05) is 19.1 Å². The van der Waals surface area contributed by atoms with Crippen LogP contribution in [0, 0.1) is 5.92 Å². The number of methoxy groups -OCH3 is 2. The molecule has 0 bridgehead atoms. The number of hydrogen-bond donors (Lipinski definition) is 0. The summed E-state index contributed by atoms with van der Waals surface area (Å²) in [5.74, 6) is 1.07. The third-order valence-corrected chi connectivity index (χ3v) is 9.77. The van der Waals surface area contributed by atoms with Crippen LogP contribution < -0.4 is 4.74 Å². The second-order valence-electron chi connectivity index (χ2n) is 9.66. The van der Waals surface area contributed by atoms with Gasteiger partial charge in [-0.05, 0) is 62.4 Å². The van der Waals surface area contributed by atoms with E-state index in [4.69, 9.17) is 19.2 Å². The Hall–Kier alpha value is -2.60. The first-order valence-electron chi connectivity index (χ1n) is 13.2. The van der Waals surface area contributed by atoms with E-state index >= 15 is 0 Å². The van der Waals surface area contributed by atoms with Gasteiger partial charge in [-0.15, -0.1) is 0 Å². The van der Waals surface area contributed by atoms with E-state index in [-0.39, 0.29) is 4.90 Å². The number of benzene rings is 2. The Labute approximate surface area is 234 Å². The standard InChI is InChI=1S/C28H37N3O6S2/c1-5-37-15-7-14-31-25-12-11-23(39(33,34)30-13-6-8-20(2)18-30)17-24(25)29-28(31)38-19-22-10-9-21(27(32)36-4)16-26(22)35-3/h9-12,16-17,20H,5-8,13-15,18-19H2,1-4H3. The van der Waals surface area contributed by atoms with Crippen molar-refractivity contribution in [3.63, 3.8) is 0 Å². The highest BCUT2D eigenvalue weighted by Gasteiger charge is 2.29. The number of esters is 1. The quantitative estimate of drug-likeness (QED) is 0.170. The number of aromatic nitrogens is 2. The third kappa shape index (κ3) is 6.77. The van der Waals surface area contributed by atoms with Crippen molar-refractivity contribution in [2.75, 3.05) is 40.5 Å². The van der Waals surface area contributed by atoms with E-state index in [1.54, 1.807) is 35.7 Å². The lowest BCUT2D eigenvalue weighted by atomic mass is 10.0. The Kier molecular flexibility index (Phi) is 9.92. The Balaban J connectivity index is 1.63. The van der Waals surface area contributed by atoms with Gasteiger partial charge >= 0.3 is 5.97 Å². The normalized spacial score (nSPS) is 16.5. The molecule has 0 aliphatic carbocycles. The number of aryl methyl sites for hydroxylation is 1. The predicted octanol–water partition coefficient (Wildman–Crippen LogP) is 4.97. The molecule has 11 heteroatoms. The Morgan fingerprint density at radius 2 is 2.00 bits per heavy atom. The second kappa shape index (κ2) is 13.2. The number of ether oxygens (including phenoxy) is 3. The smallest absolute Gasteiger partial charge is 0.337 e. The Bertz CT molecular complexity index is 1410. The van der Waals surface area contributed by atoms with Gasteiger partial charge in [0.1, 0.15) is 5.75 Å². The molecule has 1 aromatic heterocycles. The van der Waals surface area contributed by atoms with Crippen molar-refractivity contribution in [3.8, 4) is 5.75 Å². The van der Waals surface area contributed by atoms with Crippen molar-refractivity contribution in [2.45, 2.75) is 55.5 Å². The van der Waals surface area contributed by atoms with Crippen LogP contribution in [-0.4, -0.2) is 68.8 Å². The van der Waals surface area contributed by atoms with Crippen molar-refractivity contribution in [1.29, 1.82) is 0 Å². The molecule has 9 nitrogen and oxygen atoms in total. The lowest BCUT2D eigenvalue weighted by Crippen LogP contribution is -2.39. The average molecular weight is 576 g/mol. The molecule has 1 saturated heterocycles. The minimum absolute atomic E-state index is 0.277. The van der Waals surface area contributed by atoms with Gasteiger partial charge in [0.05, 0.1) is 35.7 Å². The SMILES string of the molecule is CCOCCCn1c(SCc2ccc(C(=O)OC)cc2OC)nc2cc(S(=O)(=O)N3CCCC(C)C3)ccc21. The summed E-state index contributed by atoms with van der Waals surface area (Å²) in [6, 6.07) is 10.5. The highest BCUT2D eigenvalue weighted by atomic mass is 32.2. The molecule has 3 aromatic rings. The molecule has 1 unspecified atom stereocenters. The number of hydrogen-bond acceptors (Lipinski definition) is 8. The fraction of sp³-hybridized carbons (Fsp3) is 0.500. The molecule has 0 spiro atoms. The van der Waals surface area contributed by atoms with Crippen LogP contribution in [0.2, 0.25) is 0 Å². The summed E-state index contributed by atoms with van der Waals surface area (Å²) in [6.45, 7) is 7.13. The van der Waals surface area contributed by atoms with Crippen molar-refractivity contribution in [1.82, 2.24) is 13.9 Å². The number of carbonyl (C=O) groups excluding carboxylic acids is 1. The van der Waals surface area contributed by atoms with Crippen molar-refractivity contribution in [2.24, 2.45) is 5.92 Å². The number of sulfonamides is 1. The van der Waals surface area contributed by atoms with Gasteiger partial charge in [-0.3, -0.25) is 0 Å². The maximum atomic E-state index is 13.4. The molecule has 4 rings (SSSR count). The van der Waals surface area contributed by atoms with Crippen molar-refractivity contribution < 1.29 is 27.4 Å². The first kappa shape index (κ1) is 29.4. The first-order chi connectivity index (χ1) is 18.8. The van der Waals surface area contributed by atoms with Gasteiger partial charge in [0.25, 0.3) is 0 Å². The van der Waals surface area contributed by atoms with Crippen LogP contribution >= 0.6 is 11.8 Å². The van der Waals surface area contributed by atoms with Gasteiger partial charge in [0, 0.05) is 44.2 Å². The van der Waals surface area contributed by atoms with Gasteiger partial charge in [-0.1, -0.05) is 24.8 Å². The van der Waals surface area contributed by atoms with Crippen LogP contribution in [0.5, 0.6) is 5.75 Å². The summed E-state index contributed by atoms with van der Waals surface area (Å²) in [5, 5.41) is 0.779. The van der Waals surface area contributed by atoms with Crippen LogP contribution in [0.3, 0.4) is 0 Å². The lowest BCUT2D eigenvalue weighted by Gasteiger charge is -2.30. The molecule has 2 aromatic carbocycles. The van der Waals surface area contributed by atoms with Crippen LogP contribution in [0.25, 0.3) is 11.0 Å². The molecular weight excluding hydrogens is 538 g/mol. The molecule has 0 N–H and O–H groups in total. The maximum Gasteiger partial charge on any atom is 0.337 e. The summed E-state index contributed by atoms with van der Waals surface area (Å²) in [7, 11) is -0.675. The Morgan fingerprint density at radius 3 is 2.72 bits per heavy atom. The number of carbonyl (C=O) groups is 1. The predicted molar refractivity (Wildman–Crippen MR) is 152 cm³/mol. The van der Waals surface area contributed by atoms with Crippen LogP contribution in [0.4, 0.5) is 0 Å². The molecule has 1 atom stereocenters. The van der Waals surface area contributed by atoms with Crippen molar-refractivity contribution in [3.05, 3.63) is 47.5 Å². The highest BCUT2D eigenvalue weighted by molar-refractivity contribution is 7.98. The fourth-order valence-corrected chi connectivity index (χ4v) is 7.46. The summed E-state index contributed by atoms with van der Waals surface area (Å²) in [4.78, 5) is 17.1. The Morgan fingerprint density at radius 1 is 1.18 bits per heavy atom. The van der Waals surface area contributed by atoms with Gasteiger partial charge in [0.2, 0.25) is 10.0 Å². The maximum absolute atomic E-state index is 13.4. The molecular formula is C28H37N3O6S2. The number of fused-ring (bicyclic) bond motifs is 1. The van der Waals surface area contributed by atoms with E-state index in [2.05, 4.69) is 11.5 Å². The number of piperidine rings is 1. The topological polar surface area (TPSA) is 100.0 Å². The summed E-state index contributed by atoms with van der Waals surface area (Å²) >= 11 is 1.54. The number of thioether (sulfide) groups is 1. The molecule has 1 fully saturated rings. The molecule has 1 aliphatic rings. The van der Waals surface area contributed by atoms with Gasteiger partial charge < -0.3 is 18.8 Å². The van der Waals surface area contributed by atoms with Crippen LogP contribution in [-0.2, 0) is 31.8 Å². The van der Waals surface area contributed by atoms with E-state index in [0.717, 1.165) is 35.5 Å². The molecule has 39 heavy (non-hydrogen) atoms.